The average molecular weight is 700 g/mol. The second kappa shape index (κ2) is 13.3. The summed E-state index contributed by atoms with van der Waals surface area (Å²) < 4.78 is 12.2. The zero-order valence-electron chi connectivity index (χ0n) is 28.6. The molecule has 1 aromatic heterocycles. The van der Waals surface area contributed by atoms with Gasteiger partial charge in [0.25, 0.3) is 11.8 Å². The number of piperidine rings is 1. The van der Waals surface area contributed by atoms with E-state index in [1.54, 1.807) is 18.2 Å². The summed E-state index contributed by atoms with van der Waals surface area (Å²) in [4.78, 5) is 70.9. The molecule has 12 nitrogen and oxygen atoms in total. The molecule has 2 N–H and O–H groups in total. The molecule has 4 amide bonds. The highest BCUT2D eigenvalue weighted by Gasteiger charge is 2.45. The van der Waals surface area contributed by atoms with Crippen molar-refractivity contribution in [2.75, 3.05) is 5.32 Å². The molecule has 3 aromatic carbocycles. The summed E-state index contributed by atoms with van der Waals surface area (Å²) in [7, 11) is 0. The molecular formula is C40H37N5O7. The molecule has 4 aromatic rings. The van der Waals surface area contributed by atoms with Crippen molar-refractivity contribution in [3.05, 3.63) is 107 Å². The van der Waals surface area contributed by atoms with E-state index in [1.165, 1.54) is 30.4 Å². The Balaban J connectivity index is 0.865. The highest BCUT2D eigenvalue weighted by Crippen LogP contribution is 2.47. The summed E-state index contributed by atoms with van der Waals surface area (Å²) in [6.07, 6.45) is 9.08. The molecule has 2 saturated carbocycles. The molecule has 52 heavy (non-hydrogen) atoms. The van der Waals surface area contributed by atoms with E-state index < -0.39 is 29.7 Å². The van der Waals surface area contributed by atoms with Gasteiger partial charge >= 0.3 is 0 Å². The molecule has 1 saturated heterocycles. The summed E-state index contributed by atoms with van der Waals surface area (Å²) in [5.41, 5.74) is 3.93. The third-order valence-electron chi connectivity index (χ3n) is 10.7. The van der Waals surface area contributed by atoms with Crippen LogP contribution >= 0.6 is 0 Å². The first-order valence-electron chi connectivity index (χ1n) is 17.7. The summed E-state index contributed by atoms with van der Waals surface area (Å²) in [5, 5.41) is 5.67. The van der Waals surface area contributed by atoms with Crippen molar-refractivity contribution >= 4 is 35.1 Å². The zero-order chi connectivity index (χ0) is 36.0. The highest BCUT2D eigenvalue weighted by molar-refractivity contribution is 6.23. The number of ether oxygens (including phenoxy) is 2. The minimum absolute atomic E-state index is 0.0420. The number of hydrogen-bond donors (Lipinski definition) is 2. The van der Waals surface area contributed by atoms with Gasteiger partial charge in [-0.05, 0) is 72.9 Å². The van der Waals surface area contributed by atoms with Crippen LogP contribution in [0.25, 0.3) is 0 Å². The molecule has 1 atom stereocenters. The largest absolute Gasteiger partial charge is 0.490 e. The second-order valence-electron chi connectivity index (χ2n) is 14.0. The maximum Gasteiger partial charge on any atom is 0.262 e. The van der Waals surface area contributed by atoms with Crippen molar-refractivity contribution in [2.45, 2.75) is 81.9 Å². The minimum atomic E-state index is -0.989. The lowest BCUT2D eigenvalue weighted by Gasteiger charge is -2.36. The van der Waals surface area contributed by atoms with E-state index in [-0.39, 0.29) is 47.3 Å². The third-order valence-corrected chi connectivity index (χ3v) is 10.7. The number of fused-ring (bicyclic) bond motifs is 1. The normalized spacial score (nSPS) is 22.0. The fraction of sp³-hybridized carbons (Fsp3) is 0.325. The van der Waals surface area contributed by atoms with Crippen LogP contribution in [-0.4, -0.2) is 62.5 Å². The summed E-state index contributed by atoms with van der Waals surface area (Å²) in [6.45, 7) is 1.45. The first-order valence-corrected chi connectivity index (χ1v) is 17.7. The molecule has 8 rings (SSSR count). The van der Waals surface area contributed by atoms with E-state index in [0.717, 1.165) is 54.9 Å². The van der Waals surface area contributed by atoms with Gasteiger partial charge in [0.15, 0.2) is 5.78 Å². The van der Waals surface area contributed by atoms with Crippen molar-refractivity contribution in [3.8, 4) is 17.4 Å². The molecule has 1 unspecified atom stereocenters. The van der Waals surface area contributed by atoms with Gasteiger partial charge in [0.05, 0.1) is 23.5 Å². The Labute approximate surface area is 299 Å². The van der Waals surface area contributed by atoms with Crippen LogP contribution in [0.3, 0.4) is 0 Å². The van der Waals surface area contributed by atoms with Crippen molar-refractivity contribution in [2.24, 2.45) is 0 Å². The Hall–Kier alpha value is -5.91. The Bertz CT molecular complexity index is 2070. The van der Waals surface area contributed by atoms with Crippen LogP contribution in [-0.2, 0) is 15.0 Å². The van der Waals surface area contributed by atoms with Gasteiger partial charge in [0.1, 0.15) is 29.3 Å². The average Bonchev–Trinajstić information content (AvgIpc) is 3.72. The summed E-state index contributed by atoms with van der Waals surface area (Å²) in [5.74, 6) is -0.419. The molecule has 3 fully saturated rings. The van der Waals surface area contributed by atoms with Crippen LogP contribution in [0.15, 0.2) is 79.1 Å². The van der Waals surface area contributed by atoms with Crippen molar-refractivity contribution in [1.82, 2.24) is 20.2 Å². The monoisotopic (exact) mass is 699 g/mol. The number of hydrogen-bond acceptors (Lipinski definition) is 10. The van der Waals surface area contributed by atoms with Gasteiger partial charge in [0, 0.05) is 43.3 Å². The maximum atomic E-state index is 13.2. The van der Waals surface area contributed by atoms with Gasteiger partial charge in [-0.25, -0.2) is 9.97 Å². The van der Waals surface area contributed by atoms with Crippen LogP contribution in [0.4, 0.5) is 5.69 Å². The van der Waals surface area contributed by atoms with Crippen LogP contribution in [0.1, 0.15) is 101 Å². The van der Waals surface area contributed by atoms with Gasteiger partial charge in [-0.3, -0.25) is 34.2 Å². The molecule has 2 aliphatic carbocycles. The maximum absolute atomic E-state index is 13.2. The smallest absolute Gasteiger partial charge is 0.262 e. The van der Waals surface area contributed by atoms with Gasteiger partial charge in [-0.15, -0.1) is 0 Å². The number of carbonyl (C=O) groups is 5. The molecule has 3 heterocycles. The minimum Gasteiger partial charge on any atom is -0.490 e. The predicted molar refractivity (Wildman–Crippen MR) is 188 cm³/mol. The van der Waals surface area contributed by atoms with Crippen molar-refractivity contribution in [1.29, 1.82) is 0 Å². The number of amides is 4. The molecule has 264 valence electrons. The quantitative estimate of drug-likeness (QED) is 0.154. The van der Waals surface area contributed by atoms with Crippen LogP contribution in [0, 0.1) is 0 Å². The second-order valence-corrected chi connectivity index (χ2v) is 14.0. The van der Waals surface area contributed by atoms with Crippen LogP contribution < -0.4 is 20.1 Å². The van der Waals surface area contributed by atoms with E-state index >= 15 is 0 Å². The van der Waals surface area contributed by atoms with E-state index in [1.807, 2.05) is 24.3 Å². The lowest BCUT2D eigenvalue weighted by Crippen LogP contribution is -2.54. The number of imide groups is 2. The Morgan fingerprint density at radius 1 is 0.846 bits per heavy atom. The van der Waals surface area contributed by atoms with E-state index in [4.69, 9.17) is 9.47 Å². The molecule has 0 bridgehead atoms. The SMILES string of the molecule is CC(=O)c1cnc(Oc2ccc(C3(c4ccc(OC5CC(Nc6ccc7c(c6)C(=O)N(C6CCC(=O)NC6=O)C7=O)C5)cc4)CCCC3)cc2)cn1. The fourth-order valence-electron chi connectivity index (χ4n) is 7.86. The van der Waals surface area contributed by atoms with E-state index in [2.05, 4.69) is 44.9 Å². The predicted octanol–water partition coefficient (Wildman–Crippen LogP) is 5.75. The lowest BCUT2D eigenvalue weighted by molar-refractivity contribution is -0.136. The number of nitrogens with one attached hydrogen (secondary N) is 2. The third kappa shape index (κ3) is 6.18. The first kappa shape index (κ1) is 33.2. The number of anilines is 1. The van der Waals surface area contributed by atoms with Crippen LogP contribution in [0.2, 0.25) is 0 Å². The molecule has 4 aliphatic rings. The Morgan fingerprint density at radius 2 is 1.52 bits per heavy atom. The molecule has 2 aliphatic heterocycles. The molecule has 0 spiro atoms. The number of rotatable bonds is 10. The number of benzene rings is 3. The number of carbonyl (C=O) groups excluding carboxylic acids is 5. The number of aromatic nitrogens is 2. The van der Waals surface area contributed by atoms with Gasteiger partial charge in [-0.1, -0.05) is 37.1 Å². The number of ketones is 1. The lowest BCUT2D eigenvalue weighted by atomic mass is 9.73. The summed E-state index contributed by atoms with van der Waals surface area (Å²) in [6, 6.07) is 20.8. The zero-order valence-corrected chi connectivity index (χ0v) is 28.6. The van der Waals surface area contributed by atoms with E-state index in [9.17, 15) is 24.0 Å². The number of Topliss-reactive ketones (excluding diaryl/α,β-unsaturated/α-hetero) is 1. The van der Waals surface area contributed by atoms with Crippen molar-refractivity contribution in [3.63, 3.8) is 0 Å². The van der Waals surface area contributed by atoms with Gasteiger partial charge in [-0.2, -0.15) is 0 Å². The van der Waals surface area contributed by atoms with Crippen molar-refractivity contribution < 1.29 is 33.4 Å². The highest BCUT2D eigenvalue weighted by atomic mass is 16.5. The Morgan fingerprint density at radius 3 is 2.15 bits per heavy atom. The standard InChI is InChI=1S/C40H37N5O7/c1-23(46)33-21-42-36(22-41-33)52-29-11-6-25(7-12-29)40(16-2-3-17-40)24-4-9-28(10-5-24)51-30-18-27(19-30)43-26-8-13-31-32(20-26)39(50)45(38(31)49)34-14-15-35(47)44-37(34)48/h4-13,20-22,27,30,34,43H,2-3,14-19H2,1H3,(H,44,47,48). The Kier molecular flexibility index (Phi) is 8.52. The molecule has 0 radical (unpaired) electrons. The van der Waals surface area contributed by atoms with Gasteiger partial charge in [0.2, 0.25) is 17.7 Å². The topological polar surface area (TPSA) is 157 Å². The molecule has 12 heteroatoms. The molecular weight excluding hydrogens is 662 g/mol. The summed E-state index contributed by atoms with van der Waals surface area (Å²) >= 11 is 0. The fourth-order valence-corrected chi connectivity index (χ4v) is 7.86. The van der Waals surface area contributed by atoms with Crippen LogP contribution in [0.5, 0.6) is 17.4 Å². The van der Waals surface area contributed by atoms with Gasteiger partial charge < -0.3 is 14.8 Å². The number of nitrogens with zero attached hydrogens (tertiary/aromatic N) is 3. The van der Waals surface area contributed by atoms with E-state index in [0.29, 0.717) is 17.3 Å². The first-order chi connectivity index (χ1) is 25.2.